The molecular weight excluding hydrogens is 176 g/mol. The van der Waals surface area contributed by atoms with Crippen molar-refractivity contribution in [2.24, 2.45) is 11.3 Å². The standard InChI is InChI=1S/C12H26O2/c1-5-6-7-8-10(2)11(14)12(3,4)9-13/h10-11,13-14H,5-9H2,1-4H3. The molecular formula is C12H26O2. The van der Waals surface area contributed by atoms with Gasteiger partial charge in [0.25, 0.3) is 0 Å². The van der Waals surface area contributed by atoms with E-state index in [2.05, 4.69) is 13.8 Å². The highest BCUT2D eigenvalue weighted by atomic mass is 16.3. The molecule has 2 heteroatoms. The number of aliphatic hydroxyl groups excluding tert-OH is 2. The van der Waals surface area contributed by atoms with Gasteiger partial charge in [-0.05, 0) is 12.3 Å². The van der Waals surface area contributed by atoms with Gasteiger partial charge < -0.3 is 10.2 Å². The minimum atomic E-state index is -0.399. The van der Waals surface area contributed by atoms with Gasteiger partial charge in [-0.2, -0.15) is 0 Å². The van der Waals surface area contributed by atoms with Crippen molar-refractivity contribution in [3.05, 3.63) is 0 Å². The molecule has 0 radical (unpaired) electrons. The van der Waals surface area contributed by atoms with Crippen molar-refractivity contribution >= 4 is 0 Å². The van der Waals surface area contributed by atoms with E-state index in [1.165, 1.54) is 19.3 Å². The molecule has 0 aliphatic carbocycles. The van der Waals surface area contributed by atoms with Crippen LogP contribution in [0.25, 0.3) is 0 Å². The lowest BCUT2D eigenvalue weighted by molar-refractivity contribution is -0.0276. The molecule has 0 aliphatic heterocycles. The Kier molecular flexibility index (Phi) is 6.38. The Morgan fingerprint density at radius 2 is 1.79 bits per heavy atom. The summed E-state index contributed by atoms with van der Waals surface area (Å²) in [6, 6.07) is 0. The van der Waals surface area contributed by atoms with E-state index in [9.17, 15) is 5.11 Å². The smallest absolute Gasteiger partial charge is 0.0638 e. The van der Waals surface area contributed by atoms with E-state index in [1.807, 2.05) is 13.8 Å². The molecule has 0 aromatic heterocycles. The van der Waals surface area contributed by atoms with Crippen LogP contribution in [0.1, 0.15) is 53.4 Å². The van der Waals surface area contributed by atoms with E-state index in [-0.39, 0.29) is 17.9 Å². The molecule has 0 aromatic carbocycles. The van der Waals surface area contributed by atoms with Gasteiger partial charge >= 0.3 is 0 Å². The maximum atomic E-state index is 9.98. The molecule has 2 atom stereocenters. The highest BCUT2D eigenvalue weighted by Crippen LogP contribution is 2.28. The number of hydrogen-bond donors (Lipinski definition) is 2. The zero-order chi connectivity index (χ0) is 11.2. The molecule has 86 valence electrons. The van der Waals surface area contributed by atoms with E-state index in [0.717, 1.165) is 6.42 Å². The Bertz CT molecular complexity index is 143. The summed E-state index contributed by atoms with van der Waals surface area (Å²) in [5.74, 6) is 0.281. The van der Waals surface area contributed by atoms with Crippen molar-refractivity contribution in [1.82, 2.24) is 0 Å². The summed E-state index contributed by atoms with van der Waals surface area (Å²) in [4.78, 5) is 0. The summed E-state index contributed by atoms with van der Waals surface area (Å²) in [6.45, 7) is 8.12. The first-order valence-corrected chi connectivity index (χ1v) is 5.74. The molecule has 0 rings (SSSR count). The predicted molar refractivity (Wildman–Crippen MR) is 60.2 cm³/mol. The van der Waals surface area contributed by atoms with E-state index in [4.69, 9.17) is 5.11 Å². The molecule has 2 nitrogen and oxygen atoms in total. The van der Waals surface area contributed by atoms with Gasteiger partial charge in [-0.15, -0.1) is 0 Å². The number of unbranched alkanes of at least 4 members (excludes halogenated alkanes) is 2. The molecule has 0 saturated heterocycles. The summed E-state index contributed by atoms with van der Waals surface area (Å²) in [5.41, 5.74) is -0.369. The van der Waals surface area contributed by atoms with Gasteiger partial charge in [0.2, 0.25) is 0 Å². The third kappa shape index (κ3) is 4.43. The molecule has 0 amide bonds. The second-order valence-electron chi connectivity index (χ2n) is 5.06. The topological polar surface area (TPSA) is 40.5 Å². The minimum absolute atomic E-state index is 0.0479. The molecule has 0 aromatic rings. The van der Waals surface area contributed by atoms with Crippen molar-refractivity contribution in [3.8, 4) is 0 Å². The molecule has 0 heterocycles. The summed E-state index contributed by atoms with van der Waals surface area (Å²) >= 11 is 0. The van der Waals surface area contributed by atoms with Crippen LogP contribution >= 0.6 is 0 Å². The lowest BCUT2D eigenvalue weighted by Gasteiger charge is -2.32. The van der Waals surface area contributed by atoms with Crippen LogP contribution in [-0.4, -0.2) is 22.9 Å². The summed E-state index contributed by atoms with van der Waals surface area (Å²) in [5, 5.41) is 19.1. The number of hydrogen-bond acceptors (Lipinski definition) is 2. The Morgan fingerprint density at radius 1 is 1.21 bits per heavy atom. The van der Waals surface area contributed by atoms with Crippen LogP contribution in [0.15, 0.2) is 0 Å². The van der Waals surface area contributed by atoms with Crippen LogP contribution < -0.4 is 0 Å². The van der Waals surface area contributed by atoms with E-state index in [1.54, 1.807) is 0 Å². The first kappa shape index (κ1) is 13.9. The fraction of sp³-hybridized carbons (Fsp3) is 1.00. The SMILES string of the molecule is CCCCCC(C)C(O)C(C)(C)CO. The monoisotopic (exact) mass is 202 g/mol. The highest BCUT2D eigenvalue weighted by molar-refractivity contribution is 4.80. The fourth-order valence-corrected chi connectivity index (χ4v) is 1.74. The van der Waals surface area contributed by atoms with E-state index < -0.39 is 6.10 Å². The van der Waals surface area contributed by atoms with Crippen molar-refractivity contribution in [1.29, 1.82) is 0 Å². The molecule has 2 unspecified atom stereocenters. The van der Waals surface area contributed by atoms with Crippen molar-refractivity contribution in [2.75, 3.05) is 6.61 Å². The van der Waals surface area contributed by atoms with Gasteiger partial charge in [0.1, 0.15) is 0 Å². The lowest BCUT2D eigenvalue weighted by atomic mass is 9.79. The first-order chi connectivity index (χ1) is 6.45. The van der Waals surface area contributed by atoms with E-state index >= 15 is 0 Å². The Balaban J connectivity index is 3.92. The average molecular weight is 202 g/mol. The van der Waals surface area contributed by atoms with E-state index in [0.29, 0.717) is 0 Å². The Morgan fingerprint density at radius 3 is 2.21 bits per heavy atom. The summed E-state index contributed by atoms with van der Waals surface area (Å²) in [6.07, 6.45) is 4.28. The number of aliphatic hydroxyl groups is 2. The van der Waals surface area contributed by atoms with Gasteiger partial charge in [-0.25, -0.2) is 0 Å². The molecule has 0 bridgehead atoms. The van der Waals surface area contributed by atoms with Crippen molar-refractivity contribution in [2.45, 2.75) is 59.5 Å². The molecule has 2 N–H and O–H groups in total. The van der Waals surface area contributed by atoms with Crippen LogP contribution in [-0.2, 0) is 0 Å². The molecule has 0 aliphatic rings. The second-order valence-corrected chi connectivity index (χ2v) is 5.06. The first-order valence-electron chi connectivity index (χ1n) is 5.74. The van der Waals surface area contributed by atoms with Crippen LogP contribution in [0.4, 0.5) is 0 Å². The molecule has 0 saturated carbocycles. The van der Waals surface area contributed by atoms with Gasteiger partial charge in [0.15, 0.2) is 0 Å². The Hall–Kier alpha value is -0.0800. The quantitative estimate of drug-likeness (QED) is 0.623. The van der Waals surface area contributed by atoms with Crippen LogP contribution in [0.3, 0.4) is 0 Å². The van der Waals surface area contributed by atoms with Crippen molar-refractivity contribution < 1.29 is 10.2 Å². The molecule has 0 fully saturated rings. The van der Waals surface area contributed by atoms with Gasteiger partial charge in [-0.3, -0.25) is 0 Å². The summed E-state index contributed by atoms with van der Waals surface area (Å²) in [7, 11) is 0. The average Bonchev–Trinajstić information content (AvgIpc) is 2.17. The minimum Gasteiger partial charge on any atom is -0.396 e. The lowest BCUT2D eigenvalue weighted by Crippen LogP contribution is -2.37. The Labute approximate surface area is 88.3 Å². The maximum absolute atomic E-state index is 9.98. The summed E-state index contributed by atoms with van der Waals surface area (Å²) < 4.78 is 0. The number of rotatable bonds is 7. The second kappa shape index (κ2) is 6.41. The zero-order valence-corrected chi connectivity index (χ0v) is 10.1. The van der Waals surface area contributed by atoms with Gasteiger partial charge in [0.05, 0.1) is 12.7 Å². The zero-order valence-electron chi connectivity index (χ0n) is 10.1. The normalized spacial score (nSPS) is 16.7. The third-order valence-corrected chi connectivity index (χ3v) is 3.01. The van der Waals surface area contributed by atoms with Gasteiger partial charge in [0, 0.05) is 5.41 Å². The molecule has 14 heavy (non-hydrogen) atoms. The predicted octanol–water partition coefficient (Wildman–Crippen LogP) is 2.58. The van der Waals surface area contributed by atoms with Crippen LogP contribution in [0, 0.1) is 11.3 Å². The maximum Gasteiger partial charge on any atom is 0.0638 e. The molecule has 0 spiro atoms. The largest absolute Gasteiger partial charge is 0.396 e. The third-order valence-electron chi connectivity index (χ3n) is 3.01. The highest BCUT2D eigenvalue weighted by Gasteiger charge is 2.30. The fourth-order valence-electron chi connectivity index (χ4n) is 1.74. The van der Waals surface area contributed by atoms with Crippen LogP contribution in [0.2, 0.25) is 0 Å². The van der Waals surface area contributed by atoms with Crippen molar-refractivity contribution in [3.63, 3.8) is 0 Å². The van der Waals surface area contributed by atoms with Gasteiger partial charge in [-0.1, -0.05) is 47.0 Å². The van der Waals surface area contributed by atoms with Crippen LogP contribution in [0.5, 0.6) is 0 Å².